The van der Waals surface area contributed by atoms with Crippen molar-refractivity contribution in [3.8, 4) is 39.9 Å². The number of aromatic nitrogens is 5. The van der Waals surface area contributed by atoms with Gasteiger partial charge in [0.05, 0.1) is 5.69 Å². The molecule has 3 heterocycles. The number of phenolic OH excluding ortho intramolecular Hbond substituents is 1. The van der Waals surface area contributed by atoms with E-state index < -0.39 is 0 Å². The van der Waals surface area contributed by atoms with E-state index in [2.05, 4.69) is 89.0 Å². The molecule has 1 N–H and O–H groups in total. The largest absolute Gasteiger partial charge is 0.511 e. The molecule has 0 amide bonds. The van der Waals surface area contributed by atoms with Crippen molar-refractivity contribution in [1.82, 2.24) is 19.5 Å². The van der Waals surface area contributed by atoms with Gasteiger partial charge in [0.2, 0.25) is 0 Å². The number of hydrogen-bond donors (Lipinski definition) is 1. The van der Waals surface area contributed by atoms with E-state index in [0.717, 1.165) is 39.6 Å². The smallest absolute Gasteiger partial charge is 0.270 e. The molecular weight excluding hydrogens is 667 g/mol. The van der Waals surface area contributed by atoms with Gasteiger partial charge in [0.25, 0.3) is 6.33 Å². The van der Waals surface area contributed by atoms with Crippen LogP contribution >= 0.6 is 0 Å². The molecule has 0 saturated heterocycles. The topological polar surface area (TPSA) is 68.9 Å². The minimum Gasteiger partial charge on any atom is -0.511 e. The van der Waals surface area contributed by atoms with Crippen LogP contribution in [0.15, 0.2) is 61.2 Å². The average molecular weight is 702 g/mol. The summed E-state index contributed by atoms with van der Waals surface area (Å²) in [5.41, 5.74) is 10.1. The second-order valence-electron chi connectivity index (χ2n) is 10.7. The third-order valence-electron chi connectivity index (χ3n) is 7.01. The molecule has 7 heteroatoms. The van der Waals surface area contributed by atoms with Gasteiger partial charge in [-0.05, 0) is 96.1 Å². The number of pyridine rings is 1. The minimum absolute atomic E-state index is 0. The van der Waals surface area contributed by atoms with Gasteiger partial charge in [-0.1, -0.05) is 57.8 Å². The first-order chi connectivity index (χ1) is 18.1. The van der Waals surface area contributed by atoms with Crippen molar-refractivity contribution in [2.24, 2.45) is 0 Å². The molecule has 0 spiro atoms. The van der Waals surface area contributed by atoms with Gasteiger partial charge in [0, 0.05) is 34.8 Å². The summed E-state index contributed by atoms with van der Waals surface area (Å²) >= 11 is 0. The molecule has 205 valence electrons. The van der Waals surface area contributed by atoms with Gasteiger partial charge in [0.1, 0.15) is 11.4 Å². The first kappa shape index (κ1) is 28.6. The van der Waals surface area contributed by atoms with Crippen molar-refractivity contribution in [3.05, 3.63) is 95.3 Å². The molecule has 5 aromatic rings. The molecule has 39 heavy (non-hydrogen) atoms. The fraction of sp³-hybridized carbons (Fsp3) is 0.281. The number of hydrogen-bond acceptors (Lipinski definition) is 3. The molecule has 5 rings (SSSR count). The molecule has 0 aliphatic heterocycles. The Hall–Kier alpha value is -3.45. The van der Waals surface area contributed by atoms with Crippen molar-refractivity contribution in [1.29, 1.82) is 0 Å². The van der Waals surface area contributed by atoms with Gasteiger partial charge >= 0.3 is 0 Å². The Labute approximate surface area is 246 Å². The first-order valence-corrected chi connectivity index (χ1v) is 13.1. The van der Waals surface area contributed by atoms with Crippen LogP contribution in [0.5, 0.6) is 5.75 Å². The molecule has 0 aliphatic rings. The predicted molar refractivity (Wildman–Crippen MR) is 150 cm³/mol. The molecule has 0 bridgehead atoms. The third-order valence-corrected chi connectivity index (χ3v) is 7.01. The number of aryl methyl sites for hydroxylation is 3. The zero-order valence-corrected chi connectivity index (χ0v) is 25.6. The van der Waals surface area contributed by atoms with Crippen LogP contribution in [0.1, 0.15) is 67.3 Å². The molecule has 2 aromatic carbocycles. The number of benzene rings is 2. The number of imidazole rings is 2. The van der Waals surface area contributed by atoms with E-state index in [4.69, 9.17) is 4.98 Å². The molecule has 6 nitrogen and oxygen atoms in total. The van der Waals surface area contributed by atoms with Crippen molar-refractivity contribution >= 4 is 0 Å². The van der Waals surface area contributed by atoms with Crippen LogP contribution in [0.25, 0.3) is 34.2 Å². The fourth-order valence-corrected chi connectivity index (χ4v) is 4.98. The SMILES string of the molecule is Cc1cc(C)c(-c2nc[n-]c2-c2cc(C(C)C)cc(-n3[c-][n+](-c4cc(C(C)C)ccc4O)cc3)n2)c(C)c1.[Au]. The zero-order chi connectivity index (χ0) is 27.1. The van der Waals surface area contributed by atoms with Crippen molar-refractivity contribution in [2.75, 3.05) is 0 Å². The number of aromatic hydroxyl groups is 1. The molecule has 0 fully saturated rings. The van der Waals surface area contributed by atoms with Gasteiger partial charge in [-0.15, -0.1) is 0 Å². The van der Waals surface area contributed by atoms with Gasteiger partial charge in [-0.3, -0.25) is 9.13 Å². The molecule has 0 saturated carbocycles. The standard InChI is InChI=1S/C32H34N5O.Au/c1-19(2)24-8-9-28(38)27(15-24)36-10-11-37(18-36)29-16-25(20(3)4)14-26(35-29)31-32(34-17-33-31)30-22(6)12-21(5)13-23(30)7;/h8-17,19-20H,1-7H3,(H-,33,34,35,38);/q-1;. The maximum Gasteiger partial charge on any atom is 0.270 e. The minimum atomic E-state index is 0. The Morgan fingerprint density at radius 1 is 0.923 bits per heavy atom. The van der Waals surface area contributed by atoms with E-state index in [1.807, 2.05) is 29.1 Å². The van der Waals surface area contributed by atoms with Crippen LogP contribution < -0.4 is 9.55 Å². The van der Waals surface area contributed by atoms with Gasteiger partial charge in [0.15, 0.2) is 5.82 Å². The molecule has 1 radical (unpaired) electrons. The summed E-state index contributed by atoms with van der Waals surface area (Å²) in [4.78, 5) is 14.4. The van der Waals surface area contributed by atoms with Crippen molar-refractivity contribution < 1.29 is 32.1 Å². The fourth-order valence-electron chi connectivity index (χ4n) is 4.98. The third kappa shape index (κ3) is 5.64. The van der Waals surface area contributed by atoms with Crippen LogP contribution in [-0.4, -0.2) is 19.6 Å². The summed E-state index contributed by atoms with van der Waals surface area (Å²) in [7, 11) is 0. The van der Waals surface area contributed by atoms with E-state index in [0.29, 0.717) is 17.5 Å². The Morgan fingerprint density at radius 2 is 1.62 bits per heavy atom. The predicted octanol–water partition coefficient (Wildman–Crippen LogP) is 6.51. The monoisotopic (exact) mass is 701 g/mol. The van der Waals surface area contributed by atoms with E-state index in [9.17, 15) is 5.11 Å². The van der Waals surface area contributed by atoms with Crippen molar-refractivity contribution in [3.63, 3.8) is 0 Å². The Balaban J connectivity index is 0.00000353. The van der Waals surface area contributed by atoms with Gasteiger partial charge in [-0.25, -0.2) is 4.98 Å². The number of nitrogens with zero attached hydrogens (tertiary/aromatic N) is 5. The Bertz CT molecular complexity index is 1610. The Kier molecular flexibility index (Phi) is 8.31. The maximum atomic E-state index is 10.6. The average Bonchev–Trinajstić information content (AvgIpc) is 3.54. The number of rotatable bonds is 6. The summed E-state index contributed by atoms with van der Waals surface area (Å²) in [6.07, 6.45) is 8.75. The molecule has 0 atom stereocenters. The van der Waals surface area contributed by atoms with Gasteiger partial charge < -0.3 is 15.1 Å². The number of phenols is 1. The second-order valence-corrected chi connectivity index (χ2v) is 10.7. The summed E-state index contributed by atoms with van der Waals surface area (Å²) in [5, 5.41) is 10.6. The van der Waals surface area contributed by atoms with E-state index in [1.54, 1.807) is 17.0 Å². The van der Waals surface area contributed by atoms with E-state index in [1.165, 1.54) is 16.7 Å². The quantitative estimate of drug-likeness (QED) is 0.125. The van der Waals surface area contributed by atoms with Crippen LogP contribution in [0, 0.1) is 27.1 Å². The van der Waals surface area contributed by atoms with Gasteiger partial charge in [-0.2, -0.15) is 0 Å². The summed E-state index contributed by atoms with van der Waals surface area (Å²) in [6.45, 7) is 15.0. The zero-order valence-electron chi connectivity index (χ0n) is 23.4. The van der Waals surface area contributed by atoms with E-state index in [-0.39, 0.29) is 28.1 Å². The molecular formula is C32H34AuN5O-. The van der Waals surface area contributed by atoms with Crippen molar-refractivity contribution in [2.45, 2.75) is 60.3 Å². The van der Waals surface area contributed by atoms with Crippen LogP contribution in [-0.2, 0) is 22.4 Å². The second kappa shape index (κ2) is 11.3. The normalized spacial score (nSPS) is 11.3. The maximum absolute atomic E-state index is 10.6. The summed E-state index contributed by atoms with van der Waals surface area (Å²) in [6, 6.07) is 14.2. The summed E-state index contributed by atoms with van der Waals surface area (Å²) < 4.78 is 3.66. The van der Waals surface area contributed by atoms with Crippen LogP contribution in [0.3, 0.4) is 0 Å². The first-order valence-electron chi connectivity index (χ1n) is 13.1. The molecule has 0 unspecified atom stereocenters. The summed E-state index contributed by atoms with van der Waals surface area (Å²) in [5.74, 6) is 1.58. The van der Waals surface area contributed by atoms with Crippen LogP contribution in [0.2, 0.25) is 0 Å². The van der Waals surface area contributed by atoms with E-state index >= 15 is 0 Å². The molecule has 0 aliphatic carbocycles. The Morgan fingerprint density at radius 3 is 2.28 bits per heavy atom. The molecule has 3 aromatic heterocycles. The van der Waals surface area contributed by atoms with Crippen LogP contribution in [0.4, 0.5) is 0 Å².